The number of benzene rings is 2. The lowest BCUT2D eigenvalue weighted by Crippen LogP contribution is -2.37. The zero-order chi connectivity index (χ0) is 34.6. The summed E-state index contributed by atoms with van der Waals surface area (Å²) in [5.41, 5.74) is 3.66. The van der Waals surface area contributed by atoms with Crippen LogP contribution in [-0.4, -0.2) is 57.3 Å². The van der Waals surface area contributed by atoms with Crippen molar-refractivity contribution in [2.45, 2.75) is 66.2 Å². The number of likely N-dealkylation sites (tertiary alicyclic amines) is 1. The molecular weight excluding hydrogens is 623 g/mol. The van der Waals surface area contributed by atoms with Crippen molar-refractivity contribution in [3.05, 3.63) is 88.4 Å². The number of Topliss-reactive ketones (excluding diaryl/α,β-unsaturated/α-hetero) is 1. The second kappa shape index (κ2) is 14.4. The highest BCUT2D eigenvalue weighted by molar-refractivity contribution is 7.14. The second-order valence-corrected chi connectivity index (χ2v) is 16.0. The van der Waals surface area contributed by atoms with E-state index in [0.717, 1.165) is 32.9 Å². The molecule has 8 nitrogen and oxygen atoms in total. The maximum absolute atomic E-state index is 13.7. The van der Waals surface area contributed by atoms with E-state index in [1.807, 2.05) is 60.7 Å². The molecule has 4 aromatic rings. The third-order valence-electron chi connectivity index (χ3n) is 8.46. The molecule has 1 saturated heterocycles. The van der Waals surface area contributed by atoms with E-state index in [1.165, 1.54) is 11.3 Å². The van der Waals surface area contributed by atoms with Crippen LogP contribution in [0, 0.1) is 17.3 Å². The number of hydrogen-bond acceptors (Lipinski definition) is 7. The molecule has 1 aliphatic rings. The molecule has 0 saturated carbocycles. The number of carboxylic acid groups (broad SMARTS) is 1. The monoisotopic (exact) mass is 667 g/mol. The highest BCUT2D eigenvalue weighted by Crippen LogP contribution is 2.32. The molecule has 1 N–H and O–H groups in total. The number of aliphatic carboxylic acids is 1. The lowest BCUT2D eigenvalue weighted by molar-refractivity contribution is -0.141. The van der Waals surface area contributed by atoms with Gasteiger partial charge < -0.3 is 14.7 Å². The summed E-state index contributed by atoms with van der Waals surface area (Å²) in [6, 6.07) is 19.5. The molecule has 1 fully saturated rings. The minimum Gasteiger partial charge on any atom is -0.493 e. The van der Waals surface area contributed by atoms with Crippen molar-refractivity contribution in [3.63, 3.8) is 0 Å². The molecule has 0 spiro atoms. The summed E-state index contributed by atoms with van der Waals surface area (Å²) < 4.78 is 5.88. The number of ether oxygens (including phenoxy) is 1. The Bertz CT molecular complexity index is 1730. The largest absolute Gasteiger partial charge is 0.493 e. The topological polar surface area (TPSA) is 110 Å². The zero-order valence-electron chi connectivity index (χ0n) is 28.7. The predicted octanol–water partition coefficient (Wildman–Crippen LogP) is 7.96. The molecule has 1 aliphatic heterocycles. The summed E-state index contributed by atoms with van der Waals surface area (Å²) in [6.07, 6.45) is 4.46. The van der Waals surface area contributed by atoms with E-state index in [4.69, 9.17) is 4.74 Å². The van der Waals surface area contributed by atoms with Gasteiger partial charge >= 0.3 is 5.97 Å². The SMILES string of the molecule is CC(C)(C)COc1ccc(-c2cnc(-c3ccc(C[C@H](CC(=O)c4ccc(C(C)(C)C)s4)C(=O)N4CC[C@H](C(=O)O)C4)cc3)nc2)cc1. The van der Waals surface area contributed by atoms with E-state index in [-0.39, 0.29) is 35.5 Å². The van der Waals surface area contributed by atoms with Crippen LogP contribution in [0.3, 0.4) is 0 Å². The standard InChI is InChI=1S/C39H45N3O5S/c1-38(2,3)24-47-31-13-11-26(12-14-31)30-21-40-35(41-22-30)27-9-7-25(8-10-27)19-29(36(44)42-18-17-28(23-42)37(45)46)20-32(43)33-15-16-34(48-33)39(4,5)6/h7-16,21-22,28-29H,17-20,23-24H2,1-6H3,(H,45,46)/t28-,29+/m0/s1. The first kappa shape index (κ1) is 35.0. The van der Waals surface area contributed by atoms with Crippen molar-refractivity contribution in [1.82, 2.24) is 14.9 Å². The molecule has 0 radical (unpaired) electrons. The Kier molecular flexibility index (Phi) is 10.5. The van der Waals surface area contributed by atoms with Crippen molar-refractivity contribution in [2.24, 2.45) is 17.3 Å². The Hall–Kier alpha value is -4.37. The Morgan fingerprint density at radius 3 is 2.10 bits per heavy atom. The fourth-order valence-electron chi connectivity index (χ4n) is 5.63. The van der Waals surface area contributed by atoms with Crippen molar-refractivity contribution >= 4 is 29.0 Å². The van der Waals surface area contributed by atoms with E-state index in [1.54, 1.807) is 17.3 Å². The normalized spacial score (nSPS) is 15.7. The molecule has 1 amide bonds. The molecule has 5 rings (SSSR count). The molecule has 2 aromatic carbocycles. The van der Waals surface area contributed by atoms with Crippen molar-refractivity contribution < 1.29 is 24.2 Å². The van der Waals surface area contributed by atoms with Crippen molar-refractivity contribution in [2.75, 3.05) is 19.7 Å². The minimum atomic E-state index is -0.892. The lowest BCUT2D eigenvalue weighted by atomic mass is 9.92. The maximum atomic E-state index is 13.7. The molecule has 48 heavy (non-hydrogen) atoms. The summed E-state index contributed by atoms with van der Waals surface area (Å²) >= 11 is 1.48. The van der Waals surface area contributed by atoms with E-state index in [2.05, 4.69) is 51.5 Å². The number of carboxylic acids is 1. The number of aromatic nitrogens is 2. The highest BCUT2D eigenvalue weighted by Gasteiger charge is 2.35. The molecular formula is C39H45N3O5S. The van der Waals surface area contributed by atoms with E-state index >= 15 is 0 Å². The van der Waals surface area contributed by atoms with Gasteiger partial charge in [0.15, 0.2) is 11.6 Å². The van der Waals surface area contributed by atoms with Gasteiger partial charge in [-0.15, -0.1) is 11.3 Å². The van der Waals surface area contributed by atoms with E-state index in [0.29, 0.717) is 36.7 Å². The van der Waals surface area contributed by atoms with Crippen LogP contribution in [0.1, 0.15) is 74.5 Å². The first-order valence-corrected chi connectivity index (χ1v) is 17.3. The molecule has 3 heterocycles. The summed E-state index contributed by atoms with van der Waals surface area (Å²) in [5.74, 6) is -0.896. The number of hydrogen-bond donors (Lipinski definition) is 1. The van der Waals surface area contributed by atoms with Crippen LogP contribution in [0.5, 0.6) is 5.75 Å². The number of rotatable bonds is 11. The third-order valence-corrected chi connectivity index (χ3v) is 10.0. The van der Waals surface area contributed by atoms with Gasteiger partial charge in [-0.05, 0) is 59.1 Å². The van der Waals surface area contributed by atoms with Crippen LogP contribution >= 0.6 is 11.3 Å². The Morgan fingerprint density at radius 1 is 0.896 bits per heavy atom. The second-order valence-electron chi connectivity index (χ2n) is 14.9. The molecule has 0 aliphatic carbocycles. The number of thiophene rings is 1. The number of amides is 1. The Balaban J connectivity index is 1.28. The Labute approximate surface area is 287 Å². The smallest absolute Gasteiger partial charge is 0.308 e. The molecule has 252 valence electrons. The average Bonchev–Trinajstić information content (AvgIpc) is 3.75. The molecule has 0 bridgehead atoms. The van der Waals surface area contributed by atoms with Gasteiger partial charge in [-0.2, -0.15) is 0 Å². The summed E-state index contributed by atoms with van der Waals surface area (Å²) in [7, 11) is 0. The van der Waals surface area contributed by atoms with Gasteiger partial charge in [0.25, 0.3) is 0 Å². The number of nitrogens with zero attached hydrogens (tertiary/aromatic N) is 3. The molecule has 2 aromatic heterocycles. The lowest BCUT2D eigenvalue weighted by Gasteiger charge is -2.23. The van der Waals surface area contributed by atoms with Crippen LogP contribution in [0.2, 0.25) is 0 Å². The van der Waals surface area contributed by atoms with Crippen molar-refractivity contribution in [3.8, 4) is 28.3 Å². The fourth-order valence-corrected chi connectivity index (χ4v) is 6.64. The zero-order valence-corrected chi connectivity index (χ0v) is 29.5. The molecule has 9 heteroatoms. The van der Waals surface area contributed by atoms with Crippen molar-refractivity contribution in [1.29, 1.82) is 0 Å². The van der Waals surface area contributed by atoms with Gasteiger partial charge in [0.1, 0.15) is 5.75 Å². The first-order chi connectivity index (χ1) is 22.7. The predicted molar refractivity (Wildman–Crippen MR) is 189 cm³/mol. The van der Waals surface area contributed by atoms with Crippen LogP contribution in [0.15, 0.2) is 73.1 Å². The van der Waals surface area contributed by atoms with Gasteiger partial charge in [0, 0.05) is 53.8 Å². The van der Waals surface area contributed by atoms with Gasteiger partial charge in [-0.3, -0.25) is 14.4 Å². The minimum absolute atomic E-state index is 0.0627. The summed E-state index contributed by atoms with van der Waals surface area (Å²) in [5, 5.41) is 9.49. The molecule has 0 unspecified atom stereocenters. The number of ketones is 1. The summed E-state index contributed by atoms with van der Waals surface area (Å²) in [4.78, 5) is 51.3. The van der Waals surface area contributed by atoms with Gasteiger partial charge in [-0.1, -0.05) is 77.9 Å². The van der Waals surface area contributed by atoms with Crippen LogP contribution < -0.4 is 4.74 Å². The van der Waals surface area contributed by atoms with Crippen LogP contribution in [0.4, 0.5) is 0 Å². The van der Waals surface area contributed by atoms with Gasteiger partial charge in [0.2, 0.25) is 5.91 Å². The van der Waals surface area contributed by atoms with E-state index < -0.39 is 17.8 Å². The molecule has 2 atom stereocenters. The fraction of sp³-hybridized carbons (Fsp3) is 0.410. The van der Waals surface area contributed by atoms with E-state index in [9.17, 15) is 19.5 Å². The highest BCUT2D eigenvalue weighted by atomic mass is 32.1. The average molecular weight is 668 g/mol. The van der Waals surface area contributed by atoms with Gasteiger partial charge in [-0.25, -0.2) is 9.97 Å². The first-order valence-electron chi connectivity index (χ1n) is 16.5. The van der Waals surface area contributed by atoms with Gasteiger partial charge in [0.05, 0.1) is 17.4 Å². The van der Waals surface area contributed by atoms with Crippen LogP contribution in [0.25, 0.3) is 22.5 Å². The summed E-state index contributed by atoms with van der Waals surface area (Å²) in [6.45, 7) is 13.9. The maximum Gasteiger partial charge on any atom is 0.308 e. The third kappa shape index (κ3) is 8.95. The number of carbonyl (C=O) groups is 3. The van der Waals surface area contributed by atoms with Crippen LogP contribution in [-0.2, 0) is 21.4 Å². The Morgan fingerprint density at radius 2 is 1.54 bits per heavy atom. The number of carbonyl (C=O) groups excluding carboxylic acids is 2. The quantitative estimate of drug-likeness (QED) is 0.162.